The Kier molecular flexibility index (Phi) is 8.12. The van der Waals surface area contributed by atoms with E-state index in [1.807, 2.05) is 24.3 Å². The first-order valence-electron chi connectivity index (χ1n) is 7.31. The Bertz CT molecular complexity index is 443. The number of hydrogen-bond donors (Lipinski definition) is 3. The normalized spacial score (nSPS) is 10.2. The summed E-state index contributed by atoms with van der Waals surface area (Å²) in [6.07, 6.45) is 3.16. The Morgan fingerprint density at radius 3 is 2.29 bits per heavy atom. The van der Waals surface area contributed by atoms with Crippen LogP contribution in [0.1, 0.15) is 43.7 Å². The maximum absolute atomic E-state index is 11.7. The third-order valence-corrected chi connectivity index (χ3v) is 3.15. The molecule has 5 nitrogen and oxygen atoms in total. The topological polar surface area (TPSA) is 78.4 Å². The van der Waals surface area contributed by atoms with Crippen molar-refractivity contribution in [3.8, 4) is 0 Å². The highest BCUT2D eigenvalue weighted by Gasteiger charge is 2.01. The lowest BCUT2D eigenvalue weighted by Crippen LogP contribution is -2.23. The van der Waals surface area contributed by atoms with Gasteiger partial charge in [-0.05, 0) is 24.0 Å². The number of carbonyl (C=O) groups excluding carboxylic acids is 2. The van der Waals surface area contributed by atoms with E-state index in [4.69, 9.17) is 5.11 Å². The second-order valence-electron chi connectivity index (χ2n) is 5.04. The number of amides is 2. The molecule has 0 fully saturated rings. The molecule has 0 bridgehead atoms. The van der Waals surface area contributed by atoms with E-state index in [1.165, 1.54) is 6.92 Å². The van der Waals surface area contributed by atoms with E-state index in [-0.39, 0.29) is 18.4 Å². The molecule has 0 saturated heterocycles. The smallest absolute Gasteiger partial charge is 0.220 e. The van der Waals surface area contributed by atoms with E-state index < -0.39 is 0 Å². The van der Waals surface area contributed by atoms with Gasteiger partial charge in [0, 0.05) is 26.4 Å². The van der Waals surface area contributed by atoms with E-state index in [0.717, 1.165) is 30.4 Å². The predicted molar refractivity (Wildman–Crippen MR) is 81.4 cm³/mol. The van der Waals surface area contributed by atoms with E-state index >= 15 is 0 Å². The van der Waals surface area contributed by atoms with Crippen molar-refractivity contribution in [1.29, 1.82) is 0 Å². The van der Waals surface area contributed by atoms with Crippen LogP contribution < -0.4 is 10.6 Å². The van der Waals surface area contributed by atoms with Gasteiger partial charge in [0.1, 0.15) is 0 Å². The first kappa shape index (κ1) is 17.2. The first-order chi connectivity index (χ1) is 10.1. The van der Waals surface area contributed by atoms with Crippen LogP contribution in [0.2, 0.25) is 0 Å². The Labute approximate surface area is 125 Å². The molecule has 5 heteroatoms. The van der Waals surface area contributed by atoms with Crippen LogP contribution in [0.4, 0.5) is 0 Å². The molecule has 0 aromatic heterocycles. The molecule has 21 heavy (non-hydrogen) atoms. The van der Waals surface area contributed by atoms with Crippen LogP contribution in [0.15, 0.2) is 24.3 Å². The number of nitrogens with one attached hydrogen (secondary N) is 2. The van der Waals surface area contributed by atoms with Crippen molar-refractivity contribution in [3.05, 3.63) is 35.4 Å². The number of aliphatic hydroxyl groups excluding tert-OH is 1. The van der Waals surface area contributed by atoms with Crippen molar-refractivity contribution >= 4 is 11.8 Å². The van der Waals surface area contributed by atoms with Gasteiger partial charge in [-0.15, -0.1) is 0 Å². The minimum absolute atomic E-state index is 0.0139. The Morgan fingerprint density at radius 1 is 1.00 bits per heavy atom. The zero-order chi connectivity index (χ0) is 15.5. The maximum Gasteiger partial charge on any atom is 0.220 e. The number of hydrogen-bond acceptors (Lipinski definition) is 3. The molecule has 0 atom stereocenters. The molecule has 1 aromatic rings. The molecule has 0 saturated carbocycles. The van der Waals surface area contributed by atoms with Gasteiger partial charge in [-0.3, -0.25) is 9.59 Å². The van der Waals surface area contributed by atoms with Crippen molar-refractivity contribution in [1.82, 2.24) is 10.6 Å². The van der Waals surface area contributed by atoms with Gasteiger partial charge >= 0.3 is 0 Å². The second kappa shape index (κ2) is 9.94. The molecule has 2 amide bonds. The zero-order valence-corrected chi connectivity index (χ0v) is 12.5. The molecular weight excluding hydrogens is 268 g/mol. The third kappa shape index (κ3) is 8.09. The summed E-state index contributed by atoms with van der Waals surface area (Å²) in [7, 11) is 0. The number of carbonyl (C=O) groups is 2. The largest absolute Gasteiger partial charge is 0.392 e. The van der Waals surface area contributed by atoms with Gasteiger partial charge in [0.25, 0.3) is 0 Å². The Balaban J connectivity index is 2.09. The molecule has 0 radical (unpaired) electrons. The quantitative estimate of drug-likeness (QED) is 0.603. The van der Waals surface area contributed by atoms with E-state index in [1.54, 1.807) is 0 Å². The molecule has 0 unspecified atom stereocenters. The number of rotatable bonds is 9. The van der Waals surface area contributed by atoms with Crippen LogP contribution in [0.3, 0.4) is 0 Å². The van der Waals surface area contributed by atoms with Crippen LogP contribution in [0, 0.1) is 0 Å². The molecule has 0 heterocycles. The summed E-state index contributed by atoms with van der Waals surface area (Å²) in [5.74, 6) is 0.0284. The molecule has 0 aliphatic heterocycles. The van der Waals surface area contributed by atoms with Gasteiger partial charge in [0.15, 0.2) is 0 Å². The van der Waals surface area contributed by atoms with Gasteiger partial charge in [0.05, 0.1) is 6.61 Å². The standard InChI is InChI=1S/C16H24N2O3/c1-13(20)17-10-4-2-3-5-16(21)18-11-14-6-8-15(12-19)9-7-14/h6-9,19H,2-5,10-12H2,1H3,(H,17,20)(H,18,21). The summed E-state index contributed by atoms with van der Waals surface area (Å²) >= 11 is 0. The van der Waals surface area contributed by atoms with Crippen molar-refractivity contribution in [2.24, 2.45) is 0 Å². The molecule has 1 rings (SSSR count). The molecule has 116 valence electrons. The average Bonchev–Trinajstić information content (AvgIpc) is 2.49. The van der Waals surface area contributed by atoms with Crippen molar-refractivity contribution < 1.29 is 14.7 Å². The summed E-state index contributed by atoms with van der Waals surface area (Å²) in [5.41, 5.74) is 1.88. The minimum Gasteiger partial charge on any atom is -0.392 e. The molecule has 0 aliphatic carbocycles. The highest BCUT2D eigenvalue weighted by Crippen LogP contribution is 2.04. The van der Waals surface area contributed by atoms with Crippen LogP contribution in [-0.2, 0) is 22.7 Å². The average molecular weight is 292 g/mol. The fourth-order valence-corrected chi connectivity index (χ4v) is 1.90. The van der Waals surface area contributed by atoms with Crippen molar-refractivity contribution in [2.45, 2.75) is 45.8 Å². The number of aliphatic hydroxyl groups is 1. The zero-order valence-electron chi connectivity index (χ0n) is 12.5. The maximum atomic E-state index is 11.7. The summed E-state index contributed by atoms with van der Waals surface area (Å²) in [6, 6.07) is 7.51. The SMILES string of the molecule is CC(=O)NCCCCCC(=O)NCc1ccc(CO)cc1. The third-order valence-electron chi connectivity index (χ3n) is 3.15. The monoisotopic (exact) mass is 292 g/mol. The number of benzene rings is 1. The molecule has 1 aromatic carbocycles. The van der Waals surface area contributed by atoms with E-state index in [2.05, 4.69) is 10.6 Å². The van der Waals surface area contributed by atoms with Gasteiger partial charge in [-0.2, -0.15) is 0 Å². The van der Waals surface area contributed by atoms with Crippen LogP contribution in [0.5, 0.6) is 0 Å². The molecule has 0 aliphatic rings. The summed E-state index contributed by atoms with van der Waals surface area (Å²) in [6.45, 7) is 2.72. The lowest BCUT2D eigenvalue weighted by Gasteiger charge is -2.06. The minimum atomic E-state index is -0.0139. The fourth-order valence-electron chi connectivity index (χ4n) is 1.90. The molecule has 0 spiro atoms. The predicted octanol–water partition coefficient (Wildman–Crippen LogP) is 1.49. The van der Waals surface area contributed by atoms with Crippen LogP contribution >= 0.6 is 0 Å². The molecule has 3 N–H and O–H groups in total. The first-order valence-corrected chi connectivity index (χ1v) is 7.31. The second-order valence-corrected chi connectivity index (χ2v) is 5.04. The summed E-state index contributed by atoms with van der Waals surface area (Å²) in [5, 5.41) is 14.5. The lowest BCUT2D eigenvalue weighted by molar-refractivity contribution is -0.121. The van der Waals surface area contributed by atoms with Crippen molar-refractivity contribution in [3.63, 3.8) is 0 Å². The van der Waals surface area contributed by atoms with Crippen molar-refractivity contribution in [2.75, 3.05) is 6.54 Å². The summed E-state index contributed by atoms with van der Waals surface area (Å²) < 4.78 is 0. The van der Waals surface area contributed by atoms with E-state index in [9.17, 15) is 9.59 Å². The van der Waals surface area contributed by atoms with Gasteiger partial charge in [0.2, 0.25) is 11.8 Å². The van der Waals surface area contributed by atoms with E-state index in [0.29, 0.717) is 19.5 Å². The number of unbranched alkanes of at least 4 members (excludes halogenated alkanes) is 2. The Hall–Kier alpha value is -1.88. The van der Waals surface area contributed by atoms with Crippen LogP contribution in [0.25, 0.3) is 0 Å². The van der Waals surface area contributed by atoms with Gasteiger partial charge in [-0.1, -0.05) is 30.7 Å². The van der Waals surface area contributed by atoms with Crippen LogP contribution in [-0.4, -0.2) is 23.5 Å². The molecular formula is C16H24N2O3. The van der Waals surface area contributed by atoms with Gasteiger partial charge in [-0.25, -0.2) is 0 Å². The highest BCUT2D eigenvalue weighted by atomic mass is 16.3. The fraction of sp³-hybridized carbons (Fsp3) is 0.500. The highest BCUT2D eigenvalue weighted by molar-refractivity contribution is 5.75. The lowest BCUT2D eigenvalue weighted by atomic mass is 10.1. The Morgan fingerprint density at radius 2 is 1.67 bits per heavy atom. The van der Waals surface area contributed by atoms with Gasteiger partial charge < -0.3 is 15.7 Å². The summed E-state index contributed by atoms with van der Waals surface area (Å²) in [4.78, 5) is 22.3.